The number of amides is 1. The number of anilines is 2. The Balaban J connectivity index is 2.95. The lowest BCUT2D eigenvalue weighted by Crippen LogP contribution is -2.10. The van der Waals surface area contributed by atoms with Crippen molar-refractivity contribution in [1.82, 2.24) is 4.98 Å². The van der Waals surface area contributed by atoms with Gasteiger partial charge in [0.2, 0.25) is 5.91 Å². The molecule has 5 nitrogen and oxygen atoms in total. The molecule has 1 aromatic heterocycles. The number of hydrogen-bond acceptors (Lipinski definition) is 4. The standard InChI is InChI=1S/C8H10ClN3O2/c1-5(13)10-6-3-4-7(9)11-8(6)12-14-2/h3-4H,1-2H3,(H,10,13)(H,11,12). The van der Waals surface area contributed by atoms with E-state index < -0.39 is 0 Å². The van der Waals surface area contributed by atoms with E-state index in [1.807, 2.05) is 0 Å². The monoisotopic (exact) mass is 215 g/mol. The van der Waals surface area contributed by atoms with Gasteiger partial charge in [0.15, 0.2) is 5.82 Å². The quantitative estimate of drug-likeness (QED) is 0.595. The molecule has 0 radical (unpaired) electrons. The molecule has 0 aliphatic rings. The minimum Gasteiger partial charge on any atom is -0.323 e. The Kier molecular flexibility index (Phi) is 3.67. The van der Waals surface area contributed by atoms with Crippen LogP contribution in [0.4, 0.5) is 11.5 Å². The van der Waals surface area contributed by atoms with Crippen LogP contribution in [-0.2, 0) is 9.63 Å². The summed E-state index contributed by atoms with van der Waals surface area (Å²) < 4.78 is 0. The van der Waals surface area contributed by atoms with Crippen molar-refractivity contribution in [1.29, 1.82) is 0 Å². The first-order valence-corrected chi connectivity index (χ1v) is 4.24. The van der Waals surface area contributed by atoms with Gasteiger partial charge in [-0.15, -0.1) is 0 Å². The van der Waals surface area contributed by atoms with Gasteiger partial charge in [-0.3, -0.25) is 9.63 Å². The number of nitrogens with one attached hydrogen (secondary N) is 2. The highest BCUT2D eigenvalue weighted by Gasteiger charge is 2.05. The molecule has 0 fully saturated rings. The highest BCUT2D eigenvalue weighted by atomic mass is 35.5. The van der Waals surface area contributed by atoms with Crippen molar-refractivity contribution in [3.05, 3.63) is 17.3 Å². The Morgan fingerprint density at radius 3 is 2.86 bits per heavy atom. The average Bonchev–Trinajstić information content (AvgIpc) is 2.09. The maximum absolute atomic E-state index is 10.8. The Morgan fingerprint density at radius 2 is 2.29 bits per heavy atom. The Hall–Kier alpha value is -1.33. The van der Waals surface area contributed by atoms with Crippen LogP contribution in [0.3, 0.4) is 0 Å². The molecule has 0 unspecified atom stereocenters. The molecule has 1 rings (SSSR count). The zero-order chi connectivity index (χ0) is 10.6. The highest BCUT2D eigenvalue weighted by molar-refractivity contribution is 6.29. The maximum Gasteiger partial charge on any atom is 0.221 e. The van der Waals surface area contributed by atoms with Crippen LogP contribution in [0.25, 0.3) is 0 Å². The molecule has 0 aliphatic heterocycles. The molecule has 76 valence electrons. The molecule has 1 amide bonds. The van der Waals surface area contributed by atoms with E-state index >= 15 is 0 Å². The predicted octanol–water partition coefficient (Wildman–Crippen LogP) is 1.67. The predicted molar refractivity (Wildman–Crippen MR) is 54.2 cm³/mol. The van der Waals surface area contributed by atoms with Crippen LogP contribution in [0.5, 0.6) is 0 Å². The van der Waals surface area contributed by atoms with Crippen LogP contribution in [0, 0.1) is 0 Å². The minimum absolute atomic E-state index is 0.187. The number of carbonyl (C=O) groups is 1. The first kappa shape index (κ1) is 10.7. The Morgan fingerprint density at radius 1 is 1.57 bits per heavy atom. The molecule has 0 saturated carbocycles. The molecule has 0 saturated heterocycles. The number of carbonyl (C=O) groups excluding carboxylic acids is 1. The van der Waals surface area contributed by atoms with Crippen LogP contribution in [0.2, 0.25) is 5.15 Å². The topological polar surface area (TPSA) is 63.2 Å². The van der Waals surface area contributed by atoms with Crippen molar-refractivity contribution in [3.8, 4) is 0 Å². The third-order valence-corrected chi connectivity index (χ3v) is 1.58. The van der Waals surface area contributed by atoms with Crippen molar-refractivity contribution in [2.75, 3.05) is 17.9 Å². The van der Waals surface area contributed by atoms with E-state index in [2.05, 4.69) is 20.6 Å². The van der Waals surface area contributed by atoms with Crippen LogP contribution < -0.4 is 10.8 Å². The van der Waals surface area contributed by atoms with Gasteiger partial charge in [-0.2, -0.15) is 0 Å². The summed E-state index contributed by atoms with van der Waals surface area (Å²) in [7, 11) is 1.44. The van der Waals surface area contributed by atoms with Crippen LogP contribution in [0.15, 0.2) is 12.1 Å². The molecule has 1 aromatic rings. The largest absolute Gasteiger partial charge is 0.323 e. The molecule has 0 aromatic carbocycles. The fraction of sp³-hybridized carbons (Fsp3) is 0.250. The van der Waals surface area contributed by atoms with E-state index in [0.29, 0.717) is 16.7 Å². The van der Waals surface area contributed by atoms with Gasteiger partial charge in [0.05, 0.1) is 12.8 Å². The molecule has 0 bridgehead atoms. The third kappa shape index (κ3) is 2.86. The van der Waals surface area contributed by atoms with Gasteiger partial charge in [-0.25, -0.2) is 10.5 Å². The second-order valence-corrected chi connectivity index (χ2v) is 2.90. The molecule has 6 heteroatoms. The summed E-state index contributed by atoms with van der Waals surface area (Å²) in [5.41, 5.74) is 3.03. The third-order valence-electron chi connectivity index (χ3n) is 1.37. The molecule has 2 N–H and O–H groups in total. The van der Waals surface area contributed by atoms with E-state index in [4.69, 9.17) is 11.6 Å². The summed E-state index contributed by atoms with van der Waals surface area (Å²) >= 11 is 5.67. The van der Waals surface area contributed by atoms with Gasteiger partial charge >= 0.3 is 0 Å². The lowest BCUT2D eigenvalue weighted by atomic mass is 10.4. The summed E-state index contributed by atoms with van der Waals surface area (Å²) in [5, 5.41) is 2.90. The number of hydrogen-bond donors (Lipinski definition) is 2. The zero-order valence-corrected chi connectivity index (χ0v) is 8.55. The van der Waals surface area contributed by atoms with E-state index in [1.54, 1.807) is 12.1 Å². The maximum atomic E-state index is 10.8. The Labute approximate surface area is 86.4 Å². The van der Waals surface area contributed by atoms with E-state index in [-0.39, 0.29) is 5.91 Å². The first-order valence-electron chi connectivity index (χ1n) is 3.86. The normalized spacial score (nSPS) is 9.64. The van der Waals surface area contributed by atoms with E-state index in [1.165, 1.54) is 14.0 Å². The molecule has 0 atom stereocenters. The Bertz CT molecular complexity index is 343. The van der Waals surface area contributed by atoms with Crippen LogP contribution >= 0.6 is 11.6 Å². The summed E-state index contributed by atoms with van der Waals surface area (Å²) in [4.78, 5) is 19.4. The summed E-state index contributed by atoms with van der Waals surface area (Å²) in [6, 6.07) is 3.21. The second-order valence-electron chi connectivity index (χ2n) is 2.52. The van der Waals surface area contributed by atoms with Gasteiger partial charge < -0.3 is 5.32 Å². The average molecular weight is 216 g/mol. The number of halogens is 1. The van der Waals surface area contributed by atoms with Crippen molar-refractivity contribution >= 4 is 29.0 Å². The molecular weight excluding hydrogens is 206 g/mol. The summed E-state index contributed by atoms with van der Waals surface area (Å²) in [6.45, 7) is 1.41. The van der Waals surface area contributed by atoms with Crippen molar-refractivity contribution in [3.63, 3.8) is 0 Å². The van der Waals surface area contributed by atoms with Gasteiger partial charge in [-0.1, -0.05) is 11.6 Å². The van der Waals surface area contributed by atoms with Crippen molar-refractivity contribution in [2.24, 2.45) is 0 Å². The van der Waals surface area contributed by atoms with Gasteiger partial charge in [-0.05, 0) is 12.1 Å². The van der Waals surface area contributed by atoms with Crippen molar-refractivity contribution < 1.29 is 9.63 Å². The minimum atomic E-state index is -0.187. The molecule has 1 heterocycles. The van der Waals surface area contributed by atoms with E-state index in [9.17, 15) is 4.79 Å². The lowest BCUT2D eigenvalue weighted by molar-refractivity contribution is -0.114. The SMILES string of the molecule is CONc1nc(Cl)ccc1NC(C)=O. The summed E-state index contributed by atoms with van der Waals surface area (Å²) in [5.74, 6) is 0.184. The van der Waals surface area contributed by atoms with E-state index in [0.717, 1.165) is 0 Å². The van der Waals surface area contributed by atoms with Gasteiger partial charge in [0.25, 0.3) is 0 Å². The summed E-state index contributed by atoms with van der Waals surface area (Å²) in [6.07, 6.45) is 0. The van der Waals surface area contributed by atoms with Crippen molar-refractivity contribution in [2.45, 2.75) is 6.92 Å². The van der Waals surface area contributed by atoms with Crippen LogP contribution in [0.1, 0.15) is 6.92 Å². The van der Waals surface area contributed by atoms with Crippen LogP contribution in [-0.4, -0.2) is 18.0 Å². The van der Waals surface area contributed by atoms with Gasteiger partial charge in [0, 0.05) is 6.92 Å². The zero-order valence-electron chi connectivity index (χ0n) is 7.80. The first-order chi connectivity index (χ1) is 6.63. The second kappa shape index (κ2) is 4.78. The fourth-order valence-electron chi connectivity index (χ4n) is 0.900. The molecule has 14 heavy (non-hydrogen) atoms. The smallest absolute Gasteiger partial charge is 0.221 e. The lowest BCUT2D eigenvalue weighted by Gasteiger charge is -2.09. The molecule has 0 aliphatic carbocycles. The number of rotatable bonds is 3. The van der Waals surface area contributed by atoms with Gasteiger partial charge in [0.1, 0.15) is 5.15 Å². The highest BCUT2D eigenvalue weighted by Crippen LogP contribution is 2.21. The fourth-order valence-corrected chi connectivity index (χ4v) is 1.05. The number of nitrogens with zero attached hydrogens (tertiary/aromatic N) is 1. The number of aromatic nitrogens is 1. The molecule has 0 spiro atoms. The molecular formula is C8H10ClN3O2. The number of pyridine rings is 1.